The van der Waals surface area contributed by atoms with Gasteiger partial charge in [-0.05, 0) is 12.1 Å². The molecule has 0 aliphatic carbocycles. The largest absolute Gasteiger partial charge is 0.433 e. The lowest BCUT2D eigenvalue weighted by molar-refractivity contribution is -0.0499. The fourth-order valence-corrected chi connectivity index (χ4v) is 0.921. The van der Waals surface area contributed by atoms with Crippen LogP contribution in [0.3, 0.4) is 0 Å². The molecule has 0 aliphatic heterocycles. The summed E-state index contributed by atoms with van der Waals surface area (Å²) in [6, 6.07) is 5.18. The van der Waals surface area contributed by atoms with Crippen LogP contribution in [0.1, 0.15) is 0 Å². The van der Waals surface area contributed by atoms with Gasteiger partial charge in [-0.3, -0.25) is 0 Å². The molecule has 0 aliphatic rings. The highest BCUT2D eigenvalue weighted by Gasteiger charge is 2.10. The zero-order valence-electron chi connectivity index (χ0n) is 5.65. The van der Waals surface area contributed by atoms with Gasteiger partial charge in [0.05, 0.1) is 5.02 Å². The molecule has 0 saturated carbocycles. The molecular formula is C7H3Cl2F2O. The van der Waals surface area contributed by atoms with E-state index in [0.29, 0.717) is 0 Å². The highest BCUT2D eigenvalue weighted by atomic mass is 35.5. The van der Waals surface area contributed by atoms with Gasteiger partial charge in [-0.15, -0.1) is 0 Å². The monoisotopic (exact) mass is 211 g/mol. The summed E-state index contributed by atoms with van der Waals surface area (Å²) in [5, 5.41) is 0.102. The fourth-order valence-electron chi connectivity index (χ4n) is 0.610. The molecule has 1 radical (unpaired) electrons. The van der Waals surface area contributed by atoms with Crippen molar-refractivity contribution in [1.82, 2.24) is 0 Å². The molecule has 0 fully saturated rings. The van der Waals surface area contributed by atoms with Gasteiger partial charge < -0.3 is 4.74 Å². The smallest absolute Gasteiger partial charge is 0.387 e. The SMILES string of the molecule is FC(F)Oc1[c]ccc(Cl)c1Cl. The summed E-state index contributed by atoms with van der Waals surface area (Å²) < 4.78 is 27.4. The van der Waals surface area contributed by atoms with Crippen LogP contribution < -0.4 is 4.74 Å². The van der Waals surface area contributed by atoms with Crippen LogP contribution in [0.15, 0.2) is 12.1 Å². The zero-order valence-corrected chi connectivity index (χ0v) is 7.16. The molecule has 0 N–H and O–H groups in total. The maximum Gasteiger partial charge on any atom is 0.387 e. The minimum atomic E-state index is -2.92. The van der Waals surface area contributed by atoms with Crippen LogP contribution in [0.4, 0.5) is 8.78 Å². The Morgan fingerprint density at radius 3 is 2.67 bits per heavy atom. The summed E-state index contributed by atoms with van der Waals surface area (Å²) >= 11 is 11.0. The Balaban J connectivity index is 2.92. The third-order valence-electron chi connectivity index (χ3n) is 1.06. The molecule has 1 rings (SSSR count). The van der Waals surface area contributed by atoms with Crippen molar-refractivity contribution in [2.24, 2.45) is 0 Å². The van der Waals surface area contributed by atoms with Crippen LogP contribution >= 0.6 is 23.2 Å². The molecule has 5 heteroatoms. The molecule has 1 aromatic carbocycles. The summed E-state index contributed by atoms with van der Waals surface area (Å²) in [5.74, 6) is -0.237. The topological polar surface area (TPSA) is 9.23 Å². The Hall–Kier alpha value is -0.540. The molecule has 0 aromatic heterocycles. The third kappa shape index (κ3) is 2.22. The molecule has 1 nitrogen and oxygen atoms in total. The van der Waals surface area contributed by atoms with Gasteiger partial charge in [-0.25, -0.2) is 0 Å². The molecule has 12 heavy (non-hydrogen) atoms. The van der Waals surface area contributed by atoms with E-state index in [1.54, 1.807) is 0 Å². The molecule has 0 amide bonds. The second-order valence-electron chi connectivity index (χ2n) is 1.85. The highest BCUT2D eigenvalue weighted by Crippen LogP contribution is 2.31. The Morgan fingerprint density at radius 2 is 2.08 bits per heavy atom. The van der Waals surface area contributed by atoms with Crippen molar-refractivity contribution in [3.8, 4) is 5.75 Å². The van der Waals surface area contributed by atoms with E-state index in [9.17, 15) is 8.78 Å². The first-order valence-corrected chi connectivity index (χ1v) is 3.67. The summed E-state index contributed by atoms with van der Waals surface area (Å²) in [5.41, 5.74) is 0. The first kappa shape index (κ1) is 9.55. The van der Waals surface area contributed by atoms with Crippen LogP contribution in [-0.4, -0.2) is 6.61 Å². The van der Waals surface area contributed by atoms with Gasteiger partial charge in [0, 0.05) is 6.07 Å². The van der Waals surface area contributed by atoms with E-state index >= 15 is 0 Å². The Morgan fingerprint density at radius 1 is 1.42 bits per heavy atom. The van der Waals surface area contributed by atoms with Gasteiger partial charge in [0.2, 0.25) is 0 Å². The predicted molar refractivity (Wildman–Crippen MR) is 41.9 cm³/mol. The summed E-state index contributed by atoms with van der Waals surface area (Å²) in [6.07, 6.45) is 0. The van der Waals surface area contributed by atoms with Crippen molar-refractivity contribution in [3.05, 3.63) is 28.2 Å². The van der Waals surface area contributed by atoms with Gasteiger partial charge >= 0.3 is 6.61 Å². The Kier molecular flexibility index (Phi) is 3.12. The average molecular weight is 212 g/mol. The molecule has 0 unspecified atom stereocenters. The van der Waals surface area contributed by atoms with E-state index < -0.39 is 6.61 Å². The van der Waals surface area contributed by atoms with Gasteiger partial charge in [-0.1, -0.05) is 23.2 Å². The van der Waals surface area contributed by atoms with Gasteiger partial charge in [0.15, 0.2) is 5.75 Å². The van der Waals surface area contributed by atoms with Crippen molar-refractivity contribution < 1.29 is 13.5 Å². The minimum Gasteiger partial charge on any atom is -0.433 e. The van der Waals surface area contributed by atoms with Crippen molar-refractivity contribution in [3.63, 3.8) is 0 Å². The number of ether oxygens (including phenoxy) is 1. The molecule has 0 atom stereocenters. The number of alkyl halides is 2. The third-order valence-corrected chi connectivity index (χ3v) is 1.85. The summed E-state index contributed by atoms with van der Waals surface area (Å²) in [6.45, 7) is -2.92. The molecule has 0 heterocycles. The van der Waals surface area contributed by atoms with Crippen molar-refractivity contribution in [1.29, 1.82) is 0 Å². The van der Waals surface area contributed by atoms with Crippen molar-refractivity contribution >= 4 is 23.2 Å². The van der Waals surface area contributed by atoms with Gasteiger partial charge in [0.25, 0.3) is 0 Å². The van der Waals surface area contributed by atoms with Crippen molar-refractivity contribution in [2.75, 3.05) is 0 Å². The average Bonchev–Trinajstić information content (AvgIpc) is 1.98. The Bertz CT molecular complexity index is 278. The van der Waals surface area contributed by atoms with Gasteiger partial charge in [0.1, 0.15) is 5.02 Å². The van der Waals surface area contributed by atoms with Gasteiger partial charge in [-0.2, -0.15) is 8.78 Å². The molecule has 0 saturated heterocycles. The maximum atomic E-state index is 11.7. The van der Waals surface area contributed by atoms with E-state index in [4.69, 9.17) is 23.2 Å². The lowest BCUT2D eigenvalue weighted by Gasteiger charge is -2.05. The second kappa shape index (κ2) is 3.92. The molecule has 1 aromatic rings. The van der Waals surface area contributed by atoms with Crippen LogP contribution in [0.25, 0.3) is 0 Å². The molecule has 65 valence electrons. The Labute approximate surface area is 77.8 Å². The van der Waals surface area contributed by atoms with E-state index in [-0.39, 0.29) is 15.8 Å². The molecule has 0 spiro atoms. The predicted octanol–water partition coefficient (Wildman–Crippen LogP) is 3.39. The van der Waals surface area contributed by atoms with E-state index in [0.717, 1.165) is 0 Å². The van der Waals surface area contributed by atoms with Crippen LogP contribution in [0.2, 0.25) is 10.0 Å². The van der Waals surface area contributed by atoms with E-state index in [1.807, 2.05) is 0 Å². The van der Waals surface area contributed by atoms with Crippen LogP contribution in [0, 0.1) is 6.07 Å². The number of hydrogen-bond donors (Lipinski definition) is 0. The zero-order chi connectivity index (χ0) is 9.14. The normalized spacial score (nSPS) is 10.4. The maximum absolute atomic E-state index is 11.7. The minimum absolute atomic E-state index is 0.0560. The van der Waals surface area contributed by atoms with E-state index in [2.05, 4.69) is 10.8 Å². The number of hydrogen-bond acceptors (Lipinski definition) is 1. The lowest BCUT2D eigenvalue weighted by atomic mass is 10.3. The number of halogens is 4. The van der Waals surface area contributed by atoms with E-state index in [1.165, 1.54) is 12.1 Å². The molecule has 0 bridgehead atoms. The van der Waals surface area contributed by atoms with Crippen molar-refractivity contribution in [2.45, 2.75) is 6.61 Å². The second-order valence-corrected chi connectivity index (χ2v) is 2.63. The lowest BCUT2D eigenvalue weighted by Crippen LogP contribution is -2.02. The van der Waals surface area contributed by atoms with Crippen LogP contribution in [-0.2, 0) is 0 Å². The fraction of sp³-hybridized carbons (Fsp3) is 0.143. The standard InChI is InChI=1S/C7H3Cl2F2O/c8-4-2-1-3-5(6(4)9)12-7(10)11/h1-2,7H. The molecular weight excluding hydrogens is 209 g/mol. The summed E-state index contributed by atoms with van der Waals surface area (Å²) in [4.78, 5) is 0. The summed E-state index contributed by atoms with van der Waals surface area (Å²) in [7, 11) is 0. The highest BCUT2D eigenvalue weighted by molar-refractivity contribution is 6.42. The number of rotatable bonds is 2. The van der Waals surface area contributed by atoms with Crippen LogP contribution in [0.5, 0.6) is 5.75 Å². The quantitative estimate of drug-likeness (QED) is 0.729. The number of benzene rings is 1. The first-order valence-electron chi connectivity index (χ1n) is 2.91. The first-order chi connectivity index (χ1) is 5.61.